The van der Waals surface area contributed by atoms with E-state index in [0.717, 1.165) is 6.54 Å². The average Bonchev–Trinajstić information content (AvgIpc) is 2.33. The average molecular weight is 333 g/mol. The summed E-state index contributed by atoms with van der Waals surface area (Å²) in [5.41, 5.74) is 0. The third-order valence-corrected chi connectivity index (χ3v) is 6.25. The molecule has 1 aromatic rings. The number of halogens is 1. The molecule has 1 aromatic carbocycles. The summed E-state index contributed by atoms with van der Waals surface area (Å²) < 4.78 is 27.3. The van der Waals surface area contributed by atoms with E-state index in [4.69, 9.17) is 0 Å². The highest BCUT2D eigenvalue weighted by molar-refractivity contribution is 9.10. The highest BCUT2D eigenvalue weighted by Crippen LogP contribution is 2.26. The van der Waals surface area contributed by atoms with Crippen LogP contribution in [0, 0.1) is 0 Å². The van der Waals surface area contributed by atoms with Crippen LogP contribution in [0.5, 0.6) is 0 Å². The van der Waals surface area contributed by atoms with Crippen molar-refractivity contribution in [1.82, 2.24) is 9.21 Å². The second kappa shape index (κ2) is 5.28. The van der Waals surface area contributed by atoms with E-state index >= 15 is 0 Å². The van der Waals surface area contributed by atoms with E-state index in [-0.39, 0.29) is 6.04 Å². The fourth-order valence-corrected chi connectivity index (χ4v) is 4.50. The maximum Gasteiger partial charge on any atom is 0.244 e. The number of rotatable bonds is 2. The molecule has 1 unspecified atom stereocenters. The maximum absolute atomic E-state index is 12.5. The lowest BCUT2D eigenvalue weighted by atomic mass is 10.2. The van der Waals surface area contributed by atoms with Crippen molar-refractivity contribution in [3.63, 3.8) is 0 Å². The first-order valence-corrected chi connectivity index (χ1v) is 8.11. The van der Waals surface area contributed by atoms with E-state index in [1.807, 2.05) is 20.0 Å². The van der Waals surface area contributed by atoms with Gasteiger partial charge >= 0.3 is 0 Å². The van der Waals surface area contributed by atoms with Crippen LogP contribution >= 0.6 is 15.9 Å². The summed E-state index contributed by atoms with van der Waals surface area (Å²) in [5, 5.41) is 0. The minimum Gasteiger partial charge on any atom is -0.301 e. The van der Waals surface area contributed by atoms with Crippen molar-refractivity contribution < 1.29 is 8.42 Å². The molecule has 100 valence electrons. The van der Waals surface area contributed by atoms with Crippen molar-refractivity contribution >= 4 is 26.0 Å². The molecule has 0 bridgehead atoms. The van der Waals surface area contributed by atoms with Crippen molar-refractivity contribution in [3.05, 3.63) is 28.7 Å². The Morgan fingerprint density at radius 1 is 1.28 bits per heavy atom. The van der Waals surface area contributed by atoms with E-state index in [2.05, 4.69) is 20.8 Å². The lowest BCUT2D eigenvalue weighted by Crippen LogP contribution is -2.51. The zero-order chi connectivity index (χ0) is 13.3. The molecule has 0 saturated carbocycles. The Morgan fingerprint density at radius 2 is 1.94 bits per heavy atom. The molecule has 0 N–H and O–H groups in total. The van der Waals surface area contributed by atoms with Gasteiger partial charge < -0.3 is 4.90 Å². The van der Waals surface area contributed by atoms with E-state index in [0.29, 0.717) is 22.5 Å². The van der Waals surface area contributed by atoms with Crippen LogP contribution < -0.4 is 0 Å². The van der Waals surface area contributed by atoms with E-state index in [1.54, 1.807) is 22.5 Å². The summed E-state index contributed by atoms with van der Waals surface area (Å²) in [4.78, 5) is 2.52. The van der Waals surface area contributed by atoms with Crippen LogP contribution in [0.15, 0.2) is 33.6 Å². The monoisotopic (exact) mass is 332 g/mol. The predicted molar refractivity (Wildman–Crippen MR) is 75.0 cm³/mol. The molecule has 0 aliphatic carbocycles. The van der Waals surface area contributed by atoms with Crippen LogP contribution in [0.2, 0.25) is 0 Å². The van der Waals surface area contributed by atoms with Crippen molar-refractivity contribution in [2.45, 2.75) is 17.9 Å². The Kier molecular flexibility index (Phi) is 4.11. The third kappa shape index (κ3) is 2.61. The normalized spacial score (nSPS) is 23.2. The van der Waals surface area contributed by atoms with Gasteiger partial charge in [-0.05, 0) is 42.0 Å². The van der Waals surface area contributed by atoms with Crippen LogP contribution in [0.25, 0.3) is 0 Å². The highest BCUT2D eigenvalue weighted by Gasteiger charge is 2.31. The number of likely N-dealkylation sites (N-methyl/N-ethyl adjacent to an activating group) is 1. The van der Waals surface area contributed by atoms with Crippen LogP contribution in [0.3, 0.4) is 0 Å². The topological polar surface area (TPSA) is 40.6 Å². The van der Waals surface area contributed by atoms with E-state index < -0.39 is 10.0 Å². The molecule has 0 spiro atoms. The van der Waals surface area contributed by atoms with Gasteiger partial charge in [0.2, 0.25) is 10.0 Å². The van der Waals surface area contributed by atoms with Crippen molar-refractivity contribution in [2.24, 2.45) is 0 Å². The van der Waals surface area contributed by atoms with Crippen LogP contribution in [0.1, 0.15) is 6.92 Å². The number of sulfonamides is 1. The summed E-state index contributed by atoms with van der Waals surface area (Å²) in [6, 6.07) is 7.21. The molecule has 1 heterocycles. The van der Waals surface area contributed by atoms with Gasteiger partial charge in [0.1, 0.15) is 0 Å². The number of nitrogens with zero attached hydrogens (tertiary/aromatic N) is 2. The van der Waals surface area contributed by atoms with Gasteiger partial charge in [0.15, 0.2) is 0 Å². The molecule has 1 aliphatic rings. The van der Waals surface area contributed by atoms with Gasteiger partial charge in [-0.3, -0.25) is 0 Å². The molecule has 0 radical (unpaired) electrons. The van der Waals surface area contributed by atoms with Gasteiger partial charge in [0, 0.05) is 30.1 Å². The van der Waals surface area contributed by atoms with Crippen molar-refractivity contribution in [1.29, 1.82) is 0 Å². The van der Waals surface area contributed by atoms with Gasteiger partial charge in [-0.1, -0.05) is 12.1 Å². The fraction of sp³-hybridized carbons (Fsp3) is 0.500. The summed E-state index contributed by atoms with van der Waals surface area (Å²) in [5.74, 6) is 0. The second-order valence-corrected chi connectivity index (χ2v) is 7.38. The number of hydrogen-bond acceptors (Lipinski definition) is 3. The minimum absolute atomic E-state index is 0.246. The Balaban J connectivity index is 2.30. The largest absolute Gasteiger partial charge is 0.301 e. The fourth-order valence-electron chi connectivity index (χ4n) is 2.03. The van der Waals surface area contributed by atoms with E-state index in [9.17, 15) is 8.42 Å². The quantitative estimate of drug-likeness (QED) is 0.828. The predicted octanol–water partition coefficient (Wildman–Crippen LogP) is 1.77. The molecule has 6 heteroatoms. The Morgan fingerprint density at radius 3 is 2.56 bits per heavy atom. The highest BCUT2D eigenvalue weighted by atomic mass is 79.9. The third-order valence-electron chi connectivity index (χ3n) is 3.38. The van der Waals surface area contributed by atoms with Crippen molar-refractivity contribution in [2.75, 3.05) is 26.7 Å². The standard InChI is InChI=1S/C12H17BrN2O2S/c1-10-9-15(8-7-14(10)2)18(16,17)12-6-4-3-5-11(12)13/h3-6,10H,7-9H2,1-2H3. The Hall–Kier alpha value is -0.430. The van der Waals surface area contributed by atoms with Gasteiger partial charge in [0.25, 0.3) is 0 Å². The molecule has 18 heavy (non-hydrogen) atoms. The number of piperazine rings is 1. The van der Waals surface area contributed by atoms with Gasteiger partial charge in [-0.2, -0.15) is 4.31 Å². The Bertz CT molecular complexity index is 533. The molecule has 1 aliphatic heterocycles. The van der Waals surface area contributed by atoms with Crippen LogP contribution in [-0.2, 0) is 10.0 Å². The zero-order valence-corrected chi connectivity index (χ0v) is 12.9. The lowest BCUT2D eigenvalue weighted by Gasteiger charge is -2.36. The lowest BCUT2D eigenvalue weighted by molar-refractivity contribution is 0.159. The molecular weight excluding hydrogens is 316 g/mol. The summed E-state index contributed by atoms with van der Waals surface area (Å²) in [6.45, 7) is 3.90. The summed E-state index contributed by atoms with van der Waals surface area (Å²) in [7, 11) is -1.37. The molecule has 0 amide bonds. The maximum atomic E-state index is 12.5. The minimum atomic E-state index is -3.39. The molecule has 4 nitrogen and oxygen atoms in total. The van der Waals surface area contributed by atoms with E-state index in [1.165, 1.54) is 0 Å². The molecule has 0 aromatic heterocycles. The summed E-state index contributed by atoms with van der Waals surface area (Å²) >= 11 is 3.31. The van der Waals surface area contributed by atoms with Crippen LogP contribution in [-0.4, -0.2) is 50.3 Å². The molecular formula is C12H17BrN2O2S. The number of benzene rings is 1. The van der Waals surface area contributed by atoms with Gasteiger partial charge in [-0.25, -0.2) is 8.42 Å². The smallest absolute Gasteiger partial charge is 0.244 e. The van der Waals surface area contributed by atoms with Gasteiger partial charge in [0.05, 0.1) is 4.90 Å². The summed E-state index contributed by atoms with van der Waals surface area (Å²) in [6.07, 6.45) is 0. The van der Waals surface area contributed by atoms with Crippen LogP contribution in [0.4, 0.5) is 0 Å². The van der Waals surface area contributed by atoms with Crippen molar-refractivity contribution in [3.8, 4) is 0 Å². The first-order valence-electron chi connectivity index (χ1n) is 5.88. The molecule has 2 rings (SSSR count). The Labute approximate surface area is 117 Å². The molecule has 1 atom stereocenters. The first-order chi connectivity index (χ1) is 8.43. The molecule has 1 saturated heterocycles. The van der Waals surface area contributed by atoms with Gasteiger partial charge in [-0.15, -0.1) is 0 Å². The zero-order valence-electron chi connectivity index (χ0n) is 10.5. The second-order valence-electron chi connectivity index (χ2n) is 4.62. The SMILES string of the molecule is CC1CN(S(=O)(=O)c2ccccc2Br)CCN1C. The molecule has 1 fully saturated rings. The first kappa shape index (κ1) is 14.0. The number of hydrogen-bond donors (Lipinski definition) is 0.